The van der Waals surface area contributed by atoms with Gasteiger partial charge >= 0.3 is 0 Å². The van der Waals surface area contributed by atoms with Crippen molar-refractivity contribution in [2.24, 2.45) is 0 Å². The van der Waals surface area contributed by atoms with E-state index in [0.29, 0.717) is 11.4 Å². The van der Waals surface area contributed by atoms with E-state index < -0.39 is 16.3 Å². The molecule has 1 N–H and O–H groups in total. The van der Waals surface area contributed by atoms with Gasteiger partial charge in [0.25, 0.3) is 10.2 Å². The summed E-state index contributed by atoms with van der Waals surface area (Å²) >= 11 is 0. The van der Waals surface area contributed by atoms with Crippen molar-refractivity contribution >= 4 is 21.8 Å². The minimum atomic E-state index is -3.77. The summed E-state index contributed by atoms with van der Waals surface area (Å²) in [4.78, 5) is 14.4. The number of anilines is 1. The van der Waals surface area contributed by atoms with Crippen molar-refractivity contribution in [3.63, 3.8) is 0 Å². The Bertz CT molecular complexity index is 902. The second-order valence-electron chi connectivity index (χ2n) is 6.29. The number of hydrogen-bond donors (Lipinski definition) is 1. The third-order valence-electron chi connectivity index (χ3n) is 4.57. The molecule has 0 spiro atoms. The van der Waals surface area contributed by atoms with Gasteiger partial charge in [-0.25, -0.2) is 0 Å². The molecule has 8 heteroatoms. The molecule has 1 amide bonds. The quantitative estimate of drug-likeness (QED) is 0.817. The van der Waals surface area contributed by atoms with Crippen molar-refractivity contribution in [2.75, 3.05) is 25.1 Å². The van der Waals surface area contributed by atoms with Crippen molar-refractivity contribution in [2.45, 2.75) is 19.5 Å². The van der Waals surface area contributed by atoms with E-state index in [1.54, 1.807) is 37.1 Å². The maximum atomic E-state index is 12.8. The van der Waals surface area contributed by atoms with Gasteiger partial charge in [-0.3, -0.25) is 4.79 Å². The van der Waals surface area contributed by atoms with E-state index in [2.05, 4.69) is 4.72 Å². The number of piperazine rings is 1. The third kappa shape index (κ3) is 4.29. The highest BCUT2D eigenvalue weighted by Crippen LogP contribution is 2.25. The topological polar surface area (TPSA) is 79.0 Å². The van der Waals surface area contributed by atoms with Gasteiger partial charge in [-0.15, -0.1) is 0 Å². The van der Waals surface area contributed by atoms with E-state index in [-0.39, 0.29) is 25.5 Å². The number of carbonyl (C=O) groups is 1. The van der Waals surface area contributed by atoms with Gasteiger partial charge in [-0.2, -0.15) is 17.4 Å². The van der Waals surface area contributed by atoms with E-state index in [1.165, 1.54) is 4.31 Å². The number of ether oxygens (including phenoxy) is 1. The predicted molar refractivity (Wildman–Crippen MR) is 104 cm³/mol. The Hall–Kier alpha value is -2.42. The summed E-state index contributed by atoms with van der Waals surface area (Å²) in [5.41, 5.74) is 1.55. The molecule has 3 rings (SSSR count). The molecule has 2 aromatic rings. The second-order valence-corrected chi connectivity index (χ2v) is 8.00. The molecule has 0 radical (unpaired) electrons. The van der Waals surface area contributed by atoms with Crippen LogP contribution in [0, 0.1) is 0 Å². The van der Waals surface area contributed by atoms with Gasteiger partial charge in [-0.05, 0) is 24.6 Å². The van der Waals surface area contributed by atoms with Crippen LogP contribution < -0.4 is 14.4 Å². The van der Waals surface area contributed by atoms with Gasteiger partial charge in [-0.1, -0.05) is 36.4 Å². The molecule has 7 nitrogen and oxygen atoms in total. The Morgan fingerprint density at radius 1 is 1.11 bits per heavy atom. The molecule has 1 aliphatic rings. The molecule has 2 aromatic carbocycles. The molecule has 0 bridgehead atoms. The number of methoxy groups -OCH3 is 1. The fourth-order valence-corrected chi connectivity index (χ4v) is 4.41. The summed E-state index contributed by atoms with van der Waals surface area (Å²) in [6.45, 7) is 2.29. The number of benzene rings is 2. The predicted octanol–water partition coefficient (Wildman–Crippen LogP) is 1.77. The second kappa shape index (κ2) is 8.08. The molecule has 1 aliphatic heterocycles. The van der Waals surface area contributed by atoms with Crippen LogP contribution in [0.4, 0.5) is 5.69 Å². The van der Waals surface area contributed by atoms with Crippen LogP contribution in [0.2, 0.25) is 0 Å². The zero-order valence-corrected chi connectivity index (χ0v) is 16.1. The van der Waals surface area contributed by atoms with E-state index in [9.17, 15) is 13.2 Å². The maximum absolute atomic E-state index is 12.8. The minimum absolute atomic E-state index is 0.181. The smallest absolute Gasteiger partial charge is 0.280 e. The molecular weight excluding hydrogens is 366 g/mol. The number of carbonyl (C=O) groups excluding carboxylic acids is 1. The molecule has 1 heterocycles. The summed E-state index contributed by atoms with van der Waals surface area (Å²) in [7, 11) is -2.21. The molecule has 27 heavy (non-hydrogen) atoms. The molecular formula is C19H23N3O4S. The first-order valence-electron chi connectivity index (χ1n) is 8.68. The average Bonchev–Trinajstić information content (AvgIpc) is 2.69. The summed E-state index contributed by atoms with van der Waals surface area (Å²) in [6, 6.07) is 15.6. The first kappa shape index (κ1) is 19.3. The van der Waals surface area contributed by atoms with Gasteiger partial charge < -0.3 is 9.64 Å². The molecule has 1 atom stereocenters. The van der Waals surface area contributed by atoms with Crippen LogP contribution in [0.1, 0.15) is 12.5 Å². The summed E-state index contributed by atoms with van der Waals surface area (Å²) < 4.78 is 34.4. The Balaban J connectivity index is 1.71. The van der Waals surface area contributed by atoms with Crippen molar-refractivity contribution in [3.8, 4) is 5.75 Å². The number of nitrogens with one attached hydrogen (secondary N) is 1. The van der Waals surface area contributed by atoms with Gasteiger partial charge in [0.2, 0.25) is 5.91 Å². The standard InChI is InChI=1S/C19H23N3O4S/c1-15-19(23)21(17-9-6-10-18(13-17)26-2)11-12-22(15)27(24,25)20-14-16-7-4-3-5-8-16/h3-10,13,15,20H,11-12,14H2,1-2H3. The summed E-state index contributed by atoms with van der Waals surface area (Å²) in [5, 5.41) is 0. The zero-order chi connectivity index (χ0) is 19.4. The molecule has 1 fully saturated rings. The molecule has 0 aromatic heterocycles. The number of hydrogen-bond acceptors (Lipinski definition) is 4. The van der Waals surface area contributed by atoms with Crippen LogP contribution >= 0.6 is 0 Å². The van der Waals surface area contributed by atoms with Gasteiger partial charge in [0.15, 0.2) is 0 Å². The fraction of sp³-hybridized carbons (Fsp3) is 0.316. The molecule has 1 saturated heterocycles. The third-order valence-corrected chi connectivity index (χ3v) is 6.20. The monoisotopic (exact) mass is 389 g/mol. The van der Waals surface area contributed by atoms with E-state index in [0.717, 1.165) is 5.56 Å². The highest BCUT2D eigenvalue weighted by Gasteiger charge is 2.38. The molecule has 144 valence electrons. The van der Waals surface area contributed by atoms with E-state index in [4.69, 9.17) is 4.74 Å². The lowest BCUT2D eigenvalue weighted by molar-refractivity contribution is -0.123. The van der Waals surface area contributed by atoms with Crippen molar-refractivity contribution in [1.29, 1.82) is 0 Å². The Morgan fingerprint density at radius 3 is 2.56 bits per heavy atom. The van der Waals surface area contributed by atoms with E-state index in [1.807, 2.05) is 36.4 Å². The number of amides is 1. The van der Waals surface area contributed by atoms with Crippen LogP contribution in [0.5, 0.6) is 5.75 Å². The Labute approximate surface area is 159 Å². The van der Waals surface area contributed by atoms with Crippen LogP contribution in [0.15, 0.2) is 54.6 Å². The van der Waals surface area contributed by atoms with Crippen molar-refractivity contribution in [3.05, 3.63) is 60.2 Å². The highest BCUT2D eigenvalue weighted by molar-refractivity contribution is 7.87. The normalized spacial score (nSPS) is 18.5. The largest absolute Gasteiger partial charge is 0.497 e. The van der Waals surface area contributed by atoms with Gasteiger partial charge in [0.05, 0.1) is 7.11 Å². The highest BCUT2D eigenvalue weighted by atomic mass is 32.2. The molecule has 0 aliphatic carbocycles. The molecule has 1 unspecified atom stereocenters. The van der Waals surface area contributed by atoms with Crippen molar-refractivity contribution < 1.29 is 17.9 Å². The zero-order valence-electron chi connectivity index (χ0n) is 15.3. The SMILES string of the molecule is COc1cccc(N2CCN(S(=O)(=O)NCc3ccccc3)C(C)C2=O)c1. The number of rotatable bonds is 6. The number of nitrogens with zero attached hydrogens (tertiary/aromatic N) is 2. The van der Waals surface area contributed by atoms with Crippen LogP contribution in [0.3, 0.4) is 0 Å². The molecule has 0 saturated carbocycles. The Morgan fingerprint density at radius 2 is 1.85 bits per heavy atom. The van der Waals surface area contributed by atoms with Crippen molar-refractivity contribution in [1.82, 2.24) is 9.03 Å². The maximum Gasteiger partial charge on any atom is 0.280 e. The van der Waals surface area contributed by atoms with Gasteiger partial charge in [0.1, 0.15) is 11.8 Å². The van der Waals surface area contributed by atoms with Gasteiger partial charge in [0, 0.05) is 31.4 Å². The summed E-state index contributed by atoms with van der Waals surface area (Å²) in [5.74, 6) is 0.382. The van der Waals surface area contributed by atoms with Crippen LogP contribution in [-0.2, 0) is 21.5 Å². The Kier molecular flexibility index (Phi) is 5.79. The lowest BCUT2D eigenvalue weighted by atomic mass is 10.2. The lowest BCUT2D eigenvalue weighted by Crippen LogP contribution is -2.59. The summed E-state index contributed by atoms with van der Waals surface area (Å²) in [6.07, 6.45) is 0. The lowest BCUT2D eigenvalue weighted by Gasteiger charge is -2.38. The first-order chi connectivity index (χ1) is 12.9. The van der Waals surface area contributed by atoms with E-state index >= 15 is 0 Å². The van der Waals surface area contributed by atoms with Crippen LogP contribution in [-0.4, -0.2) is 44.9 Å². The fourth-order valence-electron chi connectivity index (χ4n) is 3.07. The average molecular weight is 389 g/mol. The van der Waals surface area contributed by atoms with Crippen LogP contribution in [0.25, 0.3) is 0 Å². The minimum Gasteiger partial charge on any atom is -0.497 e. The first-order valence-corrected chi connectivity index (χ1v) is 10.1.